The number of allylic oxidation sites excluding steroid dienone is 3. The van der Waals surface area contributed by atoms with Crippen LogP contribution in [0.15, 0.2) is 55.3 Å². The molecule has 0 spiro atoms. The molecule has 1 aromatic carbocycles. The zero-order valence-corrected chi connectivity index (χ0v) is 11.4. The standard InChI is InChI=1S/C16H16N4/c1-4-12-14(5-2)20(3)10-11-8-6-7-9-13(11)16-15(12)17-19-18-16/h4-9H,1-2,10H2,3H3,(H,17,18,19)/b14-12-. The highest BCUT2D eigenvalue weighted by molar-refractivity contribution is 5.85. The van der Waals surface area contributed by atoms with E-state index in [1.807, 2.05) is 31.3 Å². The van der Waals surface area contributed by atoms with Crippen molar-refractivity contribution in [3.05, 3.63) is 66.5 Å². The summed E-state index contributed by atoms with van der Waals surface area (Å²) in [5.74, 6) is 0. The maximum atomic E-state index is 4.32. The molecule has 0 radical (unpaired) electrons. The fourth-order valence-corrected chi connectivity index (χ4v) is 2.63. The van der Waals surface area contributed by atoms with E-state index in [2.05, 4.69) is 45.6 Å². The molecular formula is C16H16N4. The SMILES string of the molecule is C=C/C1=C(\C=C)N(C)Cc2ccccc2-c2n[nH]nc21. The van der Waals surface area contributed by atoms with Gasteiger partial charge in [0, 0.05) is 30.4 Å². The summed E-state index contributed by atoms with van der Waals surface area (Å²) in [6.45, 7) is 8.62. The van der Waals surface area contributed by atoms with Gasteiger partial charge in [-0.15, -0.1) is 0 Å². The molecule has 4 heteroatoms. The highest BCUT2D eigenvalue weighted by Gasteiger charge is 2.22. The number of benzene rings is 1. The van der Waals surface area contributed by atoms with Gasteiger partial charge < -0.3 is 4.90 Å². The fraction of sp³-hybridized carbons (Fsp3) is 0.125. The van der Waals surface area contributed by atoms with E-state index < -0.39 is 0 Å². The molecule has 3 rings (SSSR count). The van der Waals surface area contributed by atoms with Gasteiger partial charge in [-0.05, 0) is 11.6 Å². The lowest BCUT2D eigenvalue weighted by molar-refractivity contribution is 0.426. The van der Waals surface area contributed by atoms with Gasteiger partial charge in [0.15, 0.2) is 0 Å². The maximum Gasteiger partial charge on any atom is 0.122 e. The Balaban J connectivity index is 2.35. The van der Waals surface area contributed by atoms with Gasteiger partial charge in [-0.2, -0.15) is 15.4 Å². The second-order valence-electron chi connectivity index (χ2n) is 4.74. The van der Waals surface area contributed by atoms with Crippen LogP contribution in [0.4, 0.5) is 0 Å². The summed E-state index contributed by atoms with van der Waals surface area (Å²) in [6.07, 6.45) is 3.65. The van der Waals surface area contributed by atoms with Crippen molar-refractivity contribution in [2.45, 2.75) is 6.54 Å². The zero-order valence-electron chi connectivity index (χ0n) is 11.4. The van der Waals surface area contributed by atoms with E-state index in [1.54, 1.807) is 0 Å². The van der Waals surface area contributed by atoms with Gasteiger partial charge in [0.05, 0.1) is 0 Å². The van der Waals surface area contributed by atoms with Gasteiger partial charge in [0.2, 0.25) is 0 Å². The van der Waals surface area contributed by atoms with Gasteiger partial charge >= 0.3 is 0 Å². The van der Waals surface area contributed by atoms with Crippen LogP contribution in [0.2, 0.25) is 0 Å². The van der Waals surface area contributed by atoms with E-state index >= 15 is 0 Å². The van der Waals surface area contributed by atoms with E-state index in [-0.39, 0.29) is 0 Å². The highest BCUT2D eigenvalue weighted by atomic mass is 15.3. The van der Waals surface area contributed by atoms with Crippen LogP contribution in [0.1, 0.15) is 11.3 Å². The molecule has 1 aromatic heterocycles. The van der Waals surface area contributed by atoms with E-state index in [9.17, 15) is 0 Å². The first-order valence-corrected chi connectivity index (χ1v) is 6.46. The molecule has 1 aliphatic heterocycles. The molecular weight excluding hydrogens is 248 g/mol. The Morgan fingerprint density at radius 3 is 2.65 bits per heavy atom. The highest BCUT2D eigenvalue weighted by Crippen LogP contribution is 2.34. The second kappa shape index (κ2) is 4.81. The molecule has 1 N–H and O–H groups in total. The van der Waals surface area contributed by atoms with Crippen molar-refractivity contribution in [3.8, 4) is 11.3 Å². The topological polar surface area (TPSA) is 44.8 Å². The average molecular weight is 264 g/mol. The number of likely N-dealkylation sites (N-methyl/N-ethyl adjacent to an activating group) is 1. The lowest BCUT2D eigenvalue weighted by Crippen LogP contribution is -2.19. The third-order valence-corrected chi connectivity index (χ3v) is 3.57. The van der Waals surface area contributed by atoms with Crippen molar-refractivity contribution in [2.75, 3.05) is 7.05 Å². The average Bonchev–Trinajstić information content (AvgIpc) is 2.92. The third kappa shape index (κ3) is 1.77. The first kappa shape index (κ1) is 12.4. The number of nitrogens with one attached hydrogen (secondary N) is 1. The van der Waals surface area contributed by atoms with E-state index in [0.717, 1.165) is 34.8 Å². The minimum Gasteiger partial charge on any atom is -0.370 e. The molecule has 100 valence electrons. The lowest BCUT2D eigenvalue weighted by atomic mass is 9.96. The summed E-state index contributed by atoms with van der Waals surface area (Å²) in [5.41, 5.74) is 5.94. The molecule has 2 heterocycles. The number of rotatable bonds is 2. The number of H-pyrrole nitrogens is 1. The van der Waals surface area contributed by atoms with Crippen molar-refractivity contribution in [2.24, 2.45) is 0 Å². The van der Waals surface area contributed by atoms with Gasteiger partial charge in [-0.1, -0.05) is 43.5 Å². The predicted octanol–water partition coefficient (Wildman–Crippen LogP) is 3.00. The van der Waals surface area contributed by atoms with Crippen molar-refractivity contribution in [3.63, 3.8) is 0 Å². The Kier molecular flexibility index (Phi) is 2.99. The third-order valence-electron chi connectivity index (χ3n) is 3.57. The number of nitrogens with zero attached hydrogens (tertiary/aromatic N) is 3. The summed E-state index contributed by atoms with van der Waals surface area (Å²) >= 11 is 0. The van der Waals surface area contributed by atoms with Crippen molar-refractivity contribution >= 4 is 5.57 Å². The molecule has 0 aliphatic carbocycles. The van der Waals surface area contributed by atoms with Crippen molar-refractivity contribution in [1.82, 2.24) is 20.3 Å². The van der Waals surface area contributed by atoms with Gasteiger partial charge in [-0.25, -0.2) is 0 Å². The summed E-state index contributed by atoms with van der Waals surface area (Å²) < 4.78 is 0. The molecule has 4 nitrogen and oxygen atoms in total. The summed E-state index contributed by atoms with van der Waals surface area (Å²) in [6, 6.07) is 8.25. The quantitative estimate of drug-likeness (QED) is 0.907. The molecule has 2 aromatic rings. The molecule has 0 amide bonds. The Bertz CT molecular complexity index is 709. The predicted molar refractivity (Wildman–Crippen MR) is 80.6 cm³/mol. The number of aromatic amines is 1. The van der Waals surface area contributed by atoms with Crippen LogP contribution >= 0.6 is 0 Å². The van der Waals surface area contributed by atoms with Crippen molar-refractivity contribution in [1.29, 1.82) is 0 Å². The molecule has 1 aliphatic rings. The molecule has 20 heavy (non-hydrogen) atoms. The Hall–Kier alpha value is -2.62. The van der Waals surface area contributed by atoms with Crippen LogP contribution in [0.5, 0.6) is 0 Å². The maximum absolute atomic E-state index is 4.32. The van der Waals surface area contributed by atoms with Crippen LogP contribution in [0.3, 0.4) is 0 Å². The first-order chi connectivity index (χ1) is 9.76. The van der Waals surface area contributed by atoms with Crippen LogP contribution in [-0.2, 0) is 6.54 Å². The Morgan fingerprint density at radius 2 is 1.90 bits per heavy atom. The van der Waals surface area contributed by atoms with Gasteiger partial charge in [0.25, 0.3) is 0 Å². The molecule has 0 atom stereocenters. The summed E-state index contributed by atoms with van der Waals surface area (Å²) in [4.78, 5) is 2.15. The van der Waals surface area contributed by atoms with Crippen molar-refractivity contribution < 1.29 is 0 Å². The summed E-state index contributed by atoms with van der Waals surface area (Å²) in [7, 11) is 2.04. The molecule has 0 unspecified atom stereocenters. The Labute approximate surface area is 118 Å². The zero-order chi connectivity index (χ0) is 14.1. The summed E-state index contributed by atoms with van der Waals surface area (Å²) in [5, 5.41) is 11.3. The largest absolute Gasteiger partial charge is 0.370 e. The van der Waals surface area contributed by atoms with Crippen LogP contribution < -0.4 is 0 Å². The van der Waals surface area contributed by atoms with Gasteiger partial charge in [-0.3, -0.25) is 0 Å². The van der Waals surface area contributed by atoms with E-state index in [4.69, 9.17) is 0 Å². The minimum absolute atomic E-state index is 0.793. The van der Waals surface area contributed by atoms with Crippen LogP contribution in [0, 0.1) is 0 Å². The minimum atomic E-state index is 0.793. The molecule has 0 saturated carbocycles. The molecule has 0 saturated heterocycles. The number of fused-ring (bicyclic) bond motifs is 3. The molecule has 0 fully saturated rings. The van der Waals surface area contributed by atoms with Crippen LogP contribution in [0.25, 0.3) is 16.8 Å². The second-order valence-corrected chi connectivity index (χ2v) is 4.74. The Morgan fingerprint density at radius 1 is 1.15 bits per heavy atom. The number of hydrogen-bond donors (Lipinski definition) is 1. The number of hydrogen-bond acceptors (Lipinski definition) is 3. The first-order valence-electron chi connectivity index (χ1n) is 6.46. The van der Waals surface area contributed by atoms with E-state index in [0.29, 0.717) is 0 Å². The van der Waals surface area contributed by atoms with Crippen LogP contribution in [-0.4, -0.2) is 27.4 Å². The molecule has 0 bridgehead atoms. The number of aromatic nitrogens is 3. The van der Waals surface area contributed by atoms with Gasteiger partial charge in [0.1, 0.15) is 11.4 Å². The lowest BCUT2D eigenvalue weighted by Gasteiger charge is -2.26. The normalized spacial score (nSPS) is 17.8. The van der Waals surface area contributed by atoms with E-state index in [1.165, 1.54) is 5.56 Å². The monoisotopic (exact) mass is 264 g/mol. The smallest absolute Gasteiger partial charge is 0.122 e. The fourth-order valence-electron chi connectivity index (χ4n) is 2.63.